The molecule has 116 valence electrons. The van der Waals surface area contributed by atoms with E-state index in [1.807, 2.05) is 39.0 Å². The second-order valence-electron chi connectivity index (χ2n) is 5.21. The van der Waals surface area contributed by atoms with Crippen molar-refractivity contribution in [2.45, 2.75) is 38.1 Å². The van der Waals surface area contributed by atoms with Crippen LogP contribution in [0, 0.1) is 12.8 Å². The SMILES string of the molecule is Cc1cc(Br)ccc1SCC(=O)NC(CC(=O)O)C(C)C. The number of rotatable bonds is 7. The van der Waals surface area contributed by atoms with Crippen molar-refractivity contribution < 1.29 is 14.7 Å². The first-order chi connectivity index (χ1) is 9.79. The number of hydrogen-bond donors (Lipinski definition) is 2. The fourth-order valence-electron chi connectivity index (χ4n) is 1.81. The summed E-state index contributed by atoms with van der Waals surface area (Å²) in [5.41, 5.74) is 1.10. The topological polar surface area (TPSA) is 66.4 Å². The zero-order chi connectivity index (χ0) is 16.0. The van der Waals surface area contributed by atoms with Crippen LogP contribution in [0.2, 0.25) is 0 Å². The van der Waals surface area contributed by atoms with Gasteiger partial charge in [-0.05, 0) is 36.6 Å². The van der Waals surface area contributed by atoms with E-state index in [0.717, 1.165) is 14.9 Å². The highest BCUT2D eigenvalue weighted by Gasteiger charge is 2.19. The van der Waals surface area contributed by atoms with E-state index < -0.39 is 5.97 Å². The minimum Gasteiger partial charge on any atom is -0.481 e. The van der Waals surface area contributed by atoms with Crippen molar-refractivity contribution in [3.63, 3.8) is 0 Å². The van der Waals surface area contributed by atoms with E-state index >= 15 is 0 Å². The number of carboxylic acid groups (broad SMARTS) is 1. The third-order valence-corrected chi connectivity index (χ3v) is 4.71. The van der Waals surface area contributed by atoms with E-state index in [0.29, 0.717) is 0 Å². The fraction of sp³-hybridized carbons (Fsp3) is 0.467. The quantitative estimate of drug-likeness (QED) is 0.718. The van der Waals surface area contributed by atoms with Gasteiger partial charge in [0.15, 0.2) is 0 Å². The van der Waals surface area contributed by atoms with E-state index in [-0.39, 0.29) is 30.0 Å². The molecule has 1 amide bonds. The number of carbonyl (C=O) groups is 2. The molecule has 1 unspecified atom stereocenters. The number of carbonyl (C=O) groups excluding carboxylic acids is 1. The van der Waals surface area contributed by atoms with E-state index in [9.17, 15) is 9.59 Å². The van der Waals surface area contributed by atoms with Crippen molar-refractivity contribution in [1.82, 2.24) is 5.32 Å². The average Bonchev–Trinajstić information content (AvgIpc) is 2.36. The van der Waals surface area contributed by atoms with Crippen LogP contribution < -0.4 is 5.32 Å². The normalized spacial score (nSPS) is 12.2. The Morgan fingerprint density at radius 3 is 2.57 bits per heavy atom. The molecule has 1 aromatic rings. The van der Waals surface area contributed by atoms with Gasteiger partial charge in [0.2, 0.25) is 5.91 Å². The fourth-order valence-corrected chi connectivity index (χ4v) is 3.10. The number of carboxylic acids is 1. The summed E-state index contributed by atoms with van der Waals surface area (Å²) in [6, 6.07) is 5.58. The van der Waals surface area contributed by atoms with E-state index in [1.54, 1.807) is 0 Å². The molecule has 6 heteroatoms. The van der Waals surface area contributed by atoms with Crippen molar-refractivity contribution in [1.29, 1.82) is 0 Å². The highest BCUT2D eigenvalue weighted by atomic mass is 79.9. The first-order valence-corrected chi connectivity index (χ1v) is 8.47. The van der Waals surface area contributed by atoms with Gasteiger partial charge in [-0.3, -0.25) is 9.59 Å². The first kappa shape index (κ1) is 18.0. The molecule has 2 N–H and O–H groups in total. The van der Waals surface area contributed by atoms with Crippen LogP contribution in [0.4, 0.5) is 0 Å². The highest BCUT2D eigenvalue weighted by Crippen LogP contribution is 2.25. The summed E-state index contributed by atoms with van der Waals surface area (Å²) in [6.07, 6.45) is -0.0502. The van der Waals surface area contributed by atoms with E-state index in [4.69, 9.17) is 5.11 Å². The molecule has 0 spiro atoms. The zero-order valence-corrected chi connectivity index (χ0v) is 14.8. The monoisotopic (exact) mass is 373 g/mol. The molecule has 1 atom stereocenters. The molecule has 4 nitrogen and oxygen atoms in total. The van der Waals surface area contributed by atoms with Gasteiger partial charge in [0.1, 0.15) is 0 Å². The third-order valence-electron chi connectivity index (χ3n) is 3.04. The molecular weight excluding hydrogens is 354 g/mol. The zero-order valence-electron chi connectivity index (χ0n) is 12.4. The second kappa shape index (κ2) is 8.44. The summed E-state index contributed by atoms with van der Waals surface area (Å²) in [7, 11) is 0. The smallest absolute Gasteiger partial charge is 0.305 e. The minimum atomic E-state index is -0.898. The minimum absolute atomic E-state index is 0.0502. The van der Waals surface area contributed by atoms with Gasteiger partial charge in [-0.1, -0.05) is 29.8 Å². The van der Waals surface area contributed by atoms with Crippen LogP contribution in [0.1, 0.15) is 25.8 Å². The van der Waals surface area contributed by atoms with Crippen LogP contribution in [0.3, 0.4) is 0 Å². The molecule has 0 aliphatic rings. The van der Waals surface area contributed by atoms with Crippen LogP contribution >= 0.6 is 27.7 Å². The molecule has 0 heterocycles. The summed E-state index contributed by atoms with van der Waals surface area (Å²) >= 11 is 4.86. The van der Waals surface area contributed by atoms with Crippen molar-refractivity contribution in [3.05, 3.63) is 28.2 Å². The van der Waals surface area contributed by atoms with Crippen LogP contribution in [-0.2, 0) is 9.59 Å². The van der Waals surface area contributed by atoms with Gasteiger partial charge in [0.25, 0.3) is 0 Å². The maximum absolute atomic E-state index is 12.0. The summed E-state index contributed by atoms with van der Waals surface area (Å²) < 4.78 is 1.01. The number of benzene rings is 1. The Balaban J connectivity index is 2.54. The first-order valence-electron chi connectivity index (χ1n) is 6.69. The summed E-state index contributed by atoms with van der Waals surface area (Å²) in [6.45, 7) is 5.80. The lowest BCUT2D eigenvalue weighted by Crippen LogP contribution is -2.40. The van der Waals surface area contributed by atoms with Gasteiger partial charge in [-0.15, -0.1) is 11.8 Å². The number of thioether (sulfide) groups is 1. The number of halogens is 1. The Kier molecular flexibility index (Phi) is 7.25. The molecule has 0 aliphatic heterocycles. The van der Waals surface area contributed by atoms with Crippen LogP contribution in [0.25, 0.3) is 0 Å². The molecule has 1 aromatic carbocycles. The summed E-state index contributed by atoms with van der Waals surface area (Å²) in [5.74, 6) is -0.664. The number of nitrogens with one attached hydrogen (secondary N) is 1. The van der Waals surface area contributed by atoms with E-state index in [2.05, 4.69) is 21.2 Å². The third kappa shape index (κ3) is 6.52. The molecule has 0 aromatic heterocycles. The van der Waals surface area contributed by atoms with Gasteiger partial charge in [0.05, 0.1) is 12.2 Å². The molecule has 0 saturated carbocycles. The highest BCUT2D eigenvalue weighted by molar-refractivity contribution is 9.10. The predicted octanol–water partition coefficient (Wildman–Crippen LogP) is 3.47. The standard InChI is InChI=1S/C15H20BrNO3S/c1-9(2)12(7-15(19)20)17-14(18)8-21-13-5-4-11(16)6-10(13)3/h4-6,9,12H,7-8H2,1-3H3,(H,17,18)(H,19,20). The average molecular weight is 374 g/mol. The Hall–Kier alpha value is -1.01. The largest absolute Gasteiger partial charge is 0.481 e. The van der Waals surface area contributed by atoms with Gasteiger partial charge < -0.3 is 10.4 Å². The van der Waals surface area contributed by atoms with Crippen LogP contribution in [0.5, 0.6) is 0 Å². The molecule has 0 fully saturated rings. The van der Waals surface area contributed by atoms with Crippen molar-refractivity contribution in [2.24, 2.45) is 5.92 Å². The van der Waals surface area contributed by atoms with Gasteiger partial charge in [-0.25, -0.2) is 0 Å². The molecule has 0 radical (unpaired) electrons. The lowest BCUT2D eigenvalue weighted by atomic mass is 10.0. The maximum atomic E-state index is 12.0. The van der Waals surface area contributed by atoms with Crippen LogP contribution in [0.15, 0.2) is 27.6 Å². The maximum Gasteiger partial charge on any atom is 0.305 e. The van der Waals surface area contributed by atoms with Gasteiger partial charge in [-0.2, -0.15) is 0 Å². The van der Waals surface area contributed by atoms with Crippen molar-refractivity contribution in [2.75, 3.05) is 5.75 Å². The Bertz CT molecular complexity index is 520. The number of aliphatic carboxylic acids is 1. The van der Waals surface area contributed by atoms with Crippen molar-refractivity contribution >= 4 is 39.6 Å². The molecule has 21 heavy (non-hydrogen) atoms. The van der Waals surface area contributed by atoms with Gasteiger partial charge in [0, 0.05) is 15.4 Å². The molecule has 0 aliphatic carbocycles. The second-order valence-corrected chi connectivity index (χ2v) is 7.15. The Labute approximate surface area is 137 Å². The summed E-state index contributed by atoms with van der Waals surface area (Å²) in [4.78, 5) is 23.8. The van der Waals surface area contributed by atoms with Crippen LogP contribution in [-0.4, -0.2) is 28.8 Å². The molecule has 0 saturated heterocycles. The molecular formula is C15H20BrNO3S. The lowest BCUT2D eigenvalue weighted by molar-refractivity contribution is -0.138. The summed E-state index contributed by atoms with van der Waals surface area (Å²) in [5, 5.41) is 11.7. The van der Waals surface area contributed by atoms with Gasteiger partial charge >= 0.3 is 5.97 Å². The number of aryl methyl sites for hydroxylation is 1. The number of amides is 1. The molecule has 0 bridgehead atoms. The Morgan fingerprint density at radius 2 is 2.05 bits per heavy atom. The number of hydrogen-bond acceptors (Lipinski definition) is 3. The predicted molar refractivity (Wildman–Crippen MR) is 88.6 cm³/mol. The molecule has 1 rings (SSSR count). The lowest BCUT2D eigenvalue weighted by Gasteiger charge is -2.20. The Morgan fingerprint density at radius 1 is 1.38 bits per heavy atom. The van der Waals surface area contributed by atoms with E-state index in [1.165, 1.54) is 11.8 Å². The van der Waals surface area contributed by atoms with Crippen molar-refractivity contribution in [3.8, 4) is 0 Å².